The molecule has 1 saturated carbocycles. The van der Waals surface area contributed by atoms with Crippen LogP contribution >= 0.6 is 0 Å². The molecule has 2 aromatic rings. The summed E-state index contributed by atoms with van der Waals surface area (Å²) >= 11 is 0. The maximum Gasteiger partial charge on any atom is 0.293 e. The highest BCUT2D eigenvalue weighted by Crippen LogP contribution is 2.29. The molecule has 1 aromatic carbocycles. The number of aromatic nitrogens is 2. The predicted molar refractivity (Wildman–Crippen MR) is 84.9 cm³/mol. The van der Waals surface area contributed by atoms with E-state index in [0.717, 1.165) is 18.5 Å². The molecule has 1 heterocycles. The third-order valence-electron chi connectivity index (χ3n) is 4.15. The first kappa shape index (κ1) is 15.0. The van der Waals surface area contributed by atoms with E-state index in [1.54, 1.807) is 12.1 Å². The normalized spacial score (nSPS) is 14.6. The molecule has 1 aromatic heterocycles. The van der Waals surface area contributed by atoms with Gasteiger partial charge in [0.15, 0.2) is 0 Å². The van der Waals surface area contributed by atoms with Gasteiger partial charge >= 0.3 is 0 Å². The van der Waals surface area contributed by atoms with Gasteiger partial charge in [-0.2, -0.15) is 10.4 Å². The molecule has 7 heteroatoms. The summed E-state index contributed by atoms with van der Waals surface area (Å²) < 4.78 is 2.00. The molecule has 0 saturated heterocycles. The van der Waals surface area contributed by atoms with Crippen LogP contribution in [0.25, 0.3) is 0 Å². The van der Waals surface area contributed by atoms with Crippen molar-refractivity contribution in [3.8, 4) is 6.07 Å². The SMILES string of the molecule is N#Cc1ccc(NCc2ccn(C3CCCC3)n2)c([N+](=O)[O-])c1. The lowest BCUT2D eigenvalue weighted by molar-refractivity contribution is -0.384. The quantitative estimate of drug-likeness (QED) is 0.674. The second-order valence-electron chi connectivity index (χ2n) is 5.68. The Hall–Kier alpha value is -2.88. The molecule has 0 amide bonds. The highest BCUT2D eigenvalue weighted by atomic mass is 16.6. The lowest BCUT2D eigenvalue weighted by Gasteiger charge is -2.09. The van der Waals surface area contributed by atoms with E-state index in [1.165, 1.54) is 18.9 Å². The summed E-state index contributed by atoms with van der Waals surface area (Å²) in [6.45, 7) is 0.409. The Kier molecular flexibility index (Phi) is 4.24. The summed E-state index contributed by atoms with van der Waals surface area (Å²) in [4.78, 5) is 10.6. The molecule has 3 rings (SSSR count). The Morgan fingerprint density at radius 3 is 2.87 bits per heavy atom. The summed E-state index contributed by atoms with van der Waals surface area (Å²) in [6.07, 6.45) is 6.79. The minimum absolute atomic E-state index is 0.0979. The maximum atomic E-state index is 11.1. The van der Waals surface area contributed by atoms with Gasteiger partial charge in [-0.05, 0) is 31.0 Å². The number of anilines is 1. The molecule has 118 valence electrons. The zero-order valence-corrected chi connectivity index (χ0v) is 12.6. The van der Waals surface area contributed by atoms with Crippen LogP contribution < -0.4 is 5.32 Å². The predicted octanol–water partition coefficient (Wildman–Crippen LogP) is 3.39. The number of nitrogens with one attached hydrogen (secondary N) is 1. The molecule has 0 unspecified atom stereocenters. The summed E-state index contributed by atoms with van der Waals surface area (Å²) in [7, 11) is 0. The number of nitriles is 1. The van der Waals surface area contributed by atoms with Gasteiger partial charge in [-0.15, -0.1) is 0 Å². The van der Waals surface area contributed by atoms with Crippen molar-refractivity contribution in [1.29, 1.82) is 5.26 Å². The fraction of sp³-hybridized carbons (Fsp3) is 0.375. The van der Waals surface area contributed by atoms with Gasteiger partial charge in [-0.1, -0.05) is 12.8 Å². The Balaban J connectivity index is 1.71. The van der Waals surface area contributed by atoms with E-state index in [2.05, 4.69) is 10.4 Å². The van der Waals surface area contributed by atoms with Crippen LogP contribution in [-0.4, -0.2) is 14.7 Å². The van der Waals surface area contributed by atoms with Crippen molar-refractivity contribution in [3.05, 3.63) is 51.8 Å². The fourth-order valence-electron chi connectivity index (χ4n) is 2.93. The Morgan fingerprint density at radius 2 is 2.17 bits per heavy atom. The summed E-state index contributed by atoms with van der Waals surface area (Å²) in [6, 6.07) is 8.72. The van der Waals surface area contributed by atoms with E-state index in [-0.39, 0.29) is 11.3 Å². The van der Waals surface area contributed by atoms with Crippen molar-refractivity contribution < 1.29 is 4.92 Å². The average molecular weight is 311 g/mol. The van der Waals surface area contributed by atoms with Gasteiger partial charge in [-0.25, -0.2) is 0 Å². The summed E-state index contributed by atoms with van der Waals surface area (Å²) in [5, 5.41) is 27.5. The van der Waals surface area contributed by atoms with Gasteiger partial charge in [0.25, 0.3) is 5.69 Å². The molecule has 0 radical (unpaired) electrons. The molecule has 1 aliphatic rings. The summed E-state index contributed by atoms with van der Waals surface area (Å²) in [5.74, 6) is 0. The number of hydrogen-bond donors (Lipinski definition) is 1. The van der Waals surface area contributed by atoms with Crippen molar-refractivity contribution in [2.24, 2.45) is 0 Å². The van der Waals surface area contributed by atoms with Gasteiger partial charge in [0.1, 0.15) is 5.69 Å². The van der Waals surface area contributed by atoms with E-state index >= 15 is 0 Å². The second-order valence-corrected chi connectivity index (χ2v) is 5.68. The molecule has 0 atom stereocenters. The van der Waals surface area contributed by atoms with Crippen LogP contribution in [0.5, 0.6) is 0 Å². The third-order valence-corrected chi connectivity index (χ3v) is 4.15. The van der Waals surface area contributed by atoms with Gasteiger partial charge in [0.2, 0.25) is 0 Å². The topological polar surface area (TPSA) is 96.8 Å². The largest absolute Gasteiger partial charge is 0.374 e. The van der Waals surface area contributed by atoms with E-state index in [0.29, 0.717) is 18.3 Å². The highest BCUT2D eigenvalue weighted by molar-refractivity contribution is 5.64. The van der Waals surface area contributed by atoms with Crippen LogP contribution in [0.1, 0.15) is 43.0 Å². The van der Waals surface area contributed by atoms with E-state index < -0.39 is 4.92 Å². The molecule has 1 aliphatic carbocycles. The maximum absolute atomic E-state index is 11.1. The third kappa shape index (κ3) is 3.31. The molecule has 23 heavy (non-hydrogen) atoms. The molecule has 0 spiro atoms. The number of rotatable bonds is 5. The van der Waals surface area contributed by atoms with Gasteiger partial charge in [-0.3, -0.25) is 14.8 Å². The minimum atomic E-state index is -0.486. The molecule has 0 aliphatic heterocycles. The van der Waals surface area contributed by atoms with Crippen molar-refractivity contribution in [2.75, 3.05) is 5.32 Å². The molecular formula is C16H17N5O2. The van der Waals surface area contributed by atoms with Gasteiger partial charge < -0.3 is 5.32 Å². The first-order valence-electron chi connectivity index (χ1n) is 7.64. The van der Waals surface area contributed by atoms with Crippen LogP contribution in [0.4, 0.5) is 11.4 Å². The number of nitro benzene ring substituents is 1. The minimum Gasteiger partial charge on any atom is -0.374 e. The van der Waals surface area contributed by atoms with Crippen LogP contribution in [0.2, 0.25) is 0 Å². The zero-order valence-electron chi connectivity index (χ0n) is 12.6. The highest BCUT2D eigenvalue weighted by Gasteiger charge is 2.18. The number of hydrogen-bond acceptors (Lipinski definition) is 5. The lowest BCUT2D eigenvalue weighted by Crippen LogP contribution is -2.07. The van der Waals surface area contributed by atoms with Gasteiger partial charge in [0, 0.05) is 12.3 Å². The standard InChI is InChI=1S/C16H17N5O2/c17-10-12-5-6-15(16(9-12)21(22)23)18-11-13-7-8-20(19-13)14-3-1-2-4-14/h5-9,14,18H,1-4,11H2. The molecule has 7 nitrogen and oxygen atoms in total. The summed E-state index contributed by atoms with van der Waals surface area (Å²) in [5.41, 5.74) is 1.41. The second kappa shape index (κ2) is 6.48. The fourth-order valence-corrected chi connectivity index (χ4v) is 2.93. The Morgan fingerprint density at radius 1 is 1.39 bits per heavy atom. The smallest absolute Gasteiger partial charge is 0.293 e. The number of benzene rings is 1. The van der Waals surface area contributed by atoms with Crippen LogP contribution in [0, 0.1) is 21.4 Å². The van der Waals surface area contributed by atoms with E-state index in [4.69, 9.17) is 5.26 Å². The average Bonchev–Trinajstić information content (AvgIpc) is 3.23. The van der Waals surface area contributed by atoms with Crippen LogP contribution in [-0.2, 0) is 6.54 Å². The monoisotopic (exact) mass is 311 g/mol. The molecule has 0 bridgehead atoms. The first-order valence-corrected chi connectivity index (χ1v) is 7.64. The lowest BCUT2D eigenvalue weighted by atomic mass is 10.2. The number of nitro groups is 1. The van der Waals surface area contributed by atoms with Crippen LogP contribution in [0.3, 0.4) is 0 Å². The van der Waals surface area contributed by atoms with Crippen molar-refractivity contribution in [1.82, 2.24) is 9.78 Å². The molecular weight excluding hydrogens is 294 g/mol. The van der Waals surface area contributed by atoms with E-state index in [9.17, 15) is 10.1 Å². The molecule has 1 N–H and O–H groups in total. The van der Waals surface area contributed by atoms with Crippen LogP contribution in [0.15, 0.2) is 30.5 Å². The number of nitrogens with zero attached hydrogens (tertiary/aromatic N) is 4. The Bertz CT molecular complexity index is 756. The van der Waals surface area contributed by atoms with E-state index in [1.807, 2.05) is 23.0 Å². The van der Waals surface area contributed by atoms with Gasteiger partial charge in [0.05, 0.1) is 34.8 Å². The zero-order chi connectivity index (χ0) is 16.2. The van der Waals surface area contributed by atoms with Crippen molar-refractivity contribution >= 4 is 11.4 Å². The molecule has 1 fully saturated rings. The van der Waals surface area contributed by atoms with Crippen molar-refractivity contribution in [2.45, 2.75) is 38.3 Å². The Labute approximate surface area is 133 Å². The van der Waals surface area contributed by atoms with Crippen molar-refractivity contribution in [3.63, 3.8) is 0 Å². The first-order chi connectivity index (χ1) is 11.2.